The molecule has 272 valence electrons. The number of aliphatic hydroxyl groups excluding tert-OH is 1. The first-order valence-electron chi connectivity index (χ1n) is 16.7. The van der Waals surface area contributed by atoms with Gasteiger partial charge >= 0.3 is 0 Å². The van der Waals surface area contributed by atoms with E-state index in [1.807, 2.05) is 74.5 Å². The van der Waals surface area contributed by atoms with Crippen LogP contribution in [0.15, 0.2) is 60.7 Å². The molecule has 0 spiro atoms. The summed E-state index contributed by atoms with van der Waals surface area (Å²) in [6.45, 7) is 9.24. The SMILES string of the molecule is COC(OC)[C@@H]1OC(C)(C)O[C@H]1C(O[C@@H]1O[C@H](COCc2ccccc2)[C@H](O)[C@H](OCc2ccccc2)[C@@H]1NC(C)=O)[C@@H]1COC(C)(C)O1. The highest BCUT2D eigenvalue weighted by Gasteiger charge is 2.56. The lowest BCUT2D eigenvalue weighted by molar-refractivity contribution is -0.311. The van der Waals surface area contributed by atoms with Crippen molar-refractivity contribution in [3.63, 3.8) is 0 Å². The Morgan fingerprint density at radius 3 is 2.08 bits per heavy atom. The van der Waals surface area contributed by atoms with Gasteiger partial charge in [0.1, 0.15) is 48.8 Å². The Hall–Kier alpha value is -2.53. The third kappa shape index (κ3) is 9.83. The summed E-state index contributed by atoms with van der Waals surface area (Å²) in [5, 5.41) is 14.6. The van der Waals surface area contributed by atoms with Crippen LogP contribution >= 0.6 is 0 Å². The van der Waals surface area contributed by atoms with Gasteiger partial charge in [-0.25, -0.2) is 0 Å². The number of methoxy groups -OCH3 is 2. The van der Waals surface area contributed by atoms with Gasteiger partial charge in [0.25, 0.3) is 0 Å². The van der Waals surface area contributed by atoms with Crippen LogP contribution in [0.2, 0.25) is 0 Å². The first-order valence-corrected chi connectivity index (χ1v) is 16.7. The molecule has 1 unspecified atom stereocenters. The van der Waals surface area contributed by atoms with Crippen LogP contribution in [0, 0.1) is 0 Å². The molecule has 0 aliphatic carbocycles. The largest absolute Gasteiger partial charge is 0.388 e. The number of carbonyl (C=O) groups is 1. The van der Waals surface area contributed by atoms with Gasteiger partial charge in [0, 0.05) is 21.1 Å². The number of rotatable bonds is 15. The number of aliphatic hydroxyl groups is 1. The van der Waals surface area contributed by atoms with Crippen LogP contribution in [-0.4, -0.2) is 111 Å². The van der Waals surface area contributed by atoms with E-state index in [9.17, 15) is 9.90 Å². The monoisotopic (exact) mass is 689 g/mol. The quantitative estimate of drug-likeness (QED) is 0.266. The molecule has 9 atom stereocenters. The molecule has 3 heterocycles. The fraction of sp³-hybridized carbons (Fsp3) is 0.639. The molecule has 0 bridgehead atoms. The smallest absolute Gasteiger partial charge is 0.217 e. The molecule has 0 aromatic heterocycles. The van der Waals surface area contributed by atoms with Crippen molar-refractivity contribution >= 4 is 5.91 Å². The van der Waals surface area contributed by atoms with Gasteiger partial charge in [-0.2, -0.15) is 0 Å². The van der Waals surface area contributed by atoms with Gasteiger partial charge in [-0.15, -0.1) is 0 Å². The molecule has 3 aliphatic rings. The second kappa shape index (κ2) is 16.7. The number of carbonyl (C=O) groups excluding carboxylic acids is 1. The summed E-state index contributed by atoms with van der Waals surface area (Å²) in [7, 11) is 3.03. The van der Waals surface area contributed by atoms with Crippen LogP contribution in [-0.2, 0) is 65.4 Å². The van der Waals surface area contributed by atoms with E-state index in [0.29, 0.717) is 6.61 Å². The van der Waals surface area contributed by atoms with E-state index in [2.05, 4.69) is 5.32 Å². The highest BCUT2D eigenvalue weighted by molar-refractivity contribution is 5.73. The Morgan fingerprint density at radius 2 is 1.51 bits per heavy atom. The molecular formula is C36H51NO12. The summed E-state index contributed by atoms with van der Waals surface area (Å²) in [6.07, 6.45) is -8.10. The molecule has 2 aromatic carbocycles. The average molecular weight is 690 g/mol. The summed E-state index contributed by atoms with van der Waals surface area (Å²) in [5.41, 5.74) is 1.85. The van der Waals surface area contributed by atoms with E-state index in [-0.39, 0.29) is 25.7 Å². The standard InChI is InChI=1S/C36H51NO12/c1-22(38)37-27-30(43-19-24-16-12-9-13-17-24)28(39)25(20-42-18-23-14-10-8-11-15-23)45-33(27)46-29(26-21-44-35(2,3)47-26)31-32(34(40-6)41-7)49-36(4,5)48-31/h8-17,25-34,39H,18-21H2,1-7H3,(H,37,38)/t25-,26+,27+,28+,29?,30-,31+,32-,33+/m1/s1. The van der Waals surface area contributed by atoms with Gasteiger partial charge in [-0.1, -0.05) is 60.7 Å². The summed E-state index contributed by atoms with van der Waals surface area (Å²) in [5.74, 6) is -2.30. The van der Waals surface area contributed by atoms with E-state index < -0.39 is 72.9 Å². The Balaban J connectivity index is 1.47. The number of hydrogen-bond acceptors (Lipinski definition) is 12. The van der Waals surface area contributed by atoms with Gasteiger partial charge < -0.3 is 57.8 Å². The van der Waals surface area contributed by atoms with Crippen molar-refractivity contribution in [2.45, 2.75) is 121 Å². The molecule has 13 heteroatoms. The summed E-state index contributed by atoms with van der Waals surface area (Å²) >= 11 is 0. The molecule has 2 aromatic rings. The van der Waals surface area contributed by atoms with Crippen LogP contribution in [0.5, 0.6) is 0 Å². The molecule has 2 N–H and O–H groups in total. The molecule has 5 rings (SSSR count). The lowest BCUT2D eigenvalue weighted by Crippen LogP contribution is -2.67. The minimum absolute atomic E-state index is 0.0166. The first kappa shape index (κ1) is 37.7. The summed E-state index contributed by atoms with van der Waals surface area (Å²) in [6, 6.07) is 18.3. The maximum atomic E-state index is 12.7. The van der Waals surface area contributed by atoms with Crippen molar-refractivity contribution in [2.24, 2.45) is 0 Å². The van der Waals surface area contributed by atoms with Gasteiger partial charge in [-0.05, 0) is 38.8 Å². The Labute approximate surface area is 288 Å². The lowest BCUT2D eigenvalue weighted by Gasteiger charge is -2.46. The first-order chi connectivity index (χ1) is 23.4. The molecule has 3 fully saturated rings. The molecule has 49 heavy (non-hydrogen) atoms. The minimum Gasteiger partial charge on any atom is -0.388 e. The molecule has 3 aliphatic heterocycles. The molecule has 1 amide bonds. The van der Waals surface area contributed by atoms with Crippen molar-refractivity contribution < 1.29 is 57.3 Å². The van der Waals surface area contributed by atoms with Crippen LogP contribution in [0.3, 0.4) is 0 Å². The van der Waals surface area contributed by atoms with E-state index >= 15 is 0 Å². The van der Waals surface area contributed by atoms with E-state index in [1.54, 1.807) is 13.8 Å². The number of ether oxygens (including phenoxy) is 10. The van der Waals surface area contributed by atoms with Gasteiger partial charge in [-0.3, -0.25) is 4.79 Å². The third-order valence-corrected chi connectivity index (χ3v) is 8.63. The maximum Gasteiger partial charge on any atom is 0.217 e. The Kier molecular flexibility index (Phi) is 12.8. The highest BCUT2D eigenvalue weighted by atomic mass is 16.8. The Morgan fingerprint density at radius 1 is 0.898 bits per heavy atom. The third-order valence-electron chi connectivity index (χ3n) is 8.63. The van der Waals surface area contributed by atoms with Crippen LogP contribution in [0.1, 0.15) is 45.7 Å². The van der Waals surface area contributed by atoms with Gasteiger partial charge in [0.2, 0.25) is 5.91 Å². The zero-order valence-electron chi connectivity index (χ0n) is 29.3. The van der Waals surface area contributed by atoms with Crippen molar-refractivity contribution in [3.05, 3.63) is 71.8 Å². The van der Waals surface area contributed by atoms with Gasteiger partial charge in [0.05, 0.1) is 26.4 Å². The summed E-state index contributed by atoms with van der Waals surface area (Å²) < 4.78 is 62.0. The fourth-order valence-corrected chi connectivity index (χ4v) is 6.45. The van der Waals surface area contributed by atoms with E-state index in [1.165, 1.54) is 21.1 Å². The predicted molar refractivity (Wildman–Crippen MR) is 175 cm³/mol. The predicted octanol–water partition coefficient (Wildman–Crippen LogP) is 3.05. The van der Waals surface area contributed by atoms with Crippen LogP contribution in [0.4, 0.5) is 0 Å². The van der Waals surface area contributed by atoms with Crippen molar-refractivity contribution in [1.29, 1.82) is 0 Å². The maximum absolute atomic E-state index is 12.7. The number of nitrogens with one attached hydrogen (secondary N) is 1. The number of amides is 1. The second-order valence-corrected chi connectivity index (χ2v) is 13.4. The normalized spacial score (nSPS) is 31.5. The highest BCUT2D eigenvalue weighted by Crippen LogP contribution is 2.39. The number of hydrogen-bond donors (Lipinski definition) is 2. The molecule has 3 saturated heterocycles. The minimum atomic E-state index is -1.19. The van der Waals surface area contributed by atoms with Crippen molar-refractivity contribution in [2.75, 3.05) is 27.4 Å². The molecule has 0 saturated carbocycles. The average Bonchev–Trinajstić information content (AvgIpc) is 3.59. The van der Waals surface area contributed by atoms with Gasteiger partial charge in [0.15, 0.2) is 24.2 Å². The van der Waals surface area contributed by atoms with Crippen molar-refractivity contribution in [1.82, 2.24) is 5.32 Å². The van der Waals surface area contributed by atoms with E-state index in [4.69, 9.17) is 47.4 Å². The van der Waals surface area contributed by atoms with Crippen LogP contribution < -0.4 is 5.32 Å². The summed E-state index contributed by atoms with van der Waals surface area (Å²) in [4.78, 5) is 12.7. The molecular weight excluding hydrogens is 638 g/mol. The zero-order valence-corrected chi connectivity index (χ0v) is 29.3. The second-order valence-electron chi connectivity index (χ2n) is 13.4. The molecule has 13 nitrogen and oxygen atoms in total. The Bertz CT molecular complexity index is 1310. The fourth-order valence-electron chi connectivity index (χ4n) is 6.45. The van der Waals surface area contributed by atoms with Crippen LogP contribution in [0.25, 0.3) is 0 Å². The number of benzene rings is 2. The zero-order chi connectivity index (χ0) is 35.2. The molecule has 0 radical (unpaired) electrons. The lowest BCUT2D eigenvalue weighted by atomic mass is 9.95. The van der Waals surface area contributed by atoms with E-state index in [0.717, 1.165) is 11.1 Å². The van der Waals surface area contributed by atoms with Crippen molar-refractivity contribution in [3.8, 4) is 0 Å². The topological polar surface area (TPSA) is 142 Å².